The van der Waals surface area contributed by atoms with E-state index < -0.39 is 75.7 Å². The molecule has 1 fully saturated rings. The molecule has 6 unspecified atom stereocenters. The molecule has 1 rings (SSSR count). The maximum absolute atomic E-state index is 12.7. The predicted molar refractivity (Wildman–Crippen MR) is 212 cm³/mol. The molecule has 0 amide bonds. The quantitative estimate of drug-likeness (QED) is 0.0159. The van der Waals surface area contributed by atoms with E-state index in [1.165, 1.54) is 77.0 Å². The van der Waals surface area contributed by atoms with Crippen LogP contribution in [0.1, 0.15) is 181 Å². The normalized spacial score (nSPS) is 23.1. The standard InChI is InChI=1S/C41H77O13P/c1-3-5-7-9-11-12-13-14-15-16-17-18-19-20-21-22-24-26-28-30-35(43)53-33(31-51-34(42)29-27-25-23-10-8-6-4-2)32-52-55(49,50)54-41-39(47)37(45)36(44)38(46)40(41)48/h14-15,33,36-41,44-48H,3-13,16-32H2,1-2H3,(H,49,50)/b15-14-. The highest BCUT2D eigenvalue weighted by atomic mass is 31.2. The number of unbranched alkanes of at least 4 members (excludes halogenated alkanes) is 21. The number of hydrogen-bond acceptors (Lipinski definition) is 12. The van der Waals surface area contributed by atoms with Crippen molar-refractivity contribution in [1.29, 1.82) is 0 Å². The van der Waals surface area contributed by atoms with Crippen LogP contribution in [0.3, 0.4) is 0 Å². The number of rotatable bonds is 35. The fourth-order valence-corrected chi connectivity index (χ4v) is 7.55. The van der Waals surface area contributed by atoms with Crippen molar-refractivity contribution in [3.8, 4) is 0 Å². The van der Waals surface area contributed by atoms with Crippen molar-refractivity contribution in [2.24, 2.45) is 0 Å². The van der Waals surface area contributed by atoms with Gasteiger partial charge in [-0.15, -0.1) is 0 Å². The van der Waals surface area contributed by atoms with Crippen LogP contribution in [0, 0.1) is 0 Å². The van der Waals surface area contributed by atoms with Gasteiger partial charge in [0.1, 0.15) is 43.2 Å². The second-order valence-electron chi connectivity index (χ2n) is 15.2. The molecule has 324 valence electrons. The molecule has 0 aromatic carbocycles. The van der Waals surface area contributed by atoms with E-state index in [2.05, 4.69) is 26.0 Å². The van der Waals surface area contributed by atoms with Crippen molar-refractivity contribution < 1.29 is 63.1 Å². The van der Waals surface area contributed by atoms with Gasteiger partial charge in [0.2, 0.25) is 0 Å². The van der Waals surface area contributed by atoms with Gasteiger partial charge < -0.3 is 39.9 Å². The minimum atomic E-state index is -5.10. The Balaban J connectivity index is 2.41. The van der Waals surface area contributed by atoms with Gasteiger partial charge in [-0.25, -0.2) is 4.57 Å². The Labute approximate surface area is 331 Å². The van der Waals surface area contributed by atoms with Gasteiger partial charge >= 0.3 is 19.8 Å². The highest BCUT2D eigenvalue weighted by Crippen LogP contribution is 2.47. The van der Waals surface area contributed by atoms with Crippen LogP contribution >= 0.6 is 7.82 Å². The van der Waals surface area contributed by atoms with Crippen LogP contribution in [0.15, 0.2) is 12.2 Å². The van der Waals surface area contributed by atoms with Gasteiger partial charge in [-0.05, 0) is 38.5 Å². The molecule has 1 aliphatic carbocycles. The lowest BCUT2D eigenvalue weighted by molar-refractivity contribution is -0.220. The molecular formula is C41H77O13P. The van der Waals surface area contributed by atoms with E-state index in [1.54, 1.807) is 0 Å². The van der Waals surface area contributed by atoms with Crippen molar-refractivity contribution in [2.45, 2.75) is 224 Å². The Morgan fingerprint density at radius 3 is 1.38 bits per heavy atom. The van der Waals surface area contributed by atoms with Gasteiger partial charge in [0.05, 0.1) is 6.61 Å². The Morgan fingerprint density at radius 2 is 0.927 bits per heavy atom. The zero-order valence-corrected chi connectivity index (χ0v) is 34.9. The fraction of sp³-hybridized carbons (Fsp3) is 0.902. The summed E-state index contributed by atoms with van der Waals surface area (Å²) in [6, 6.07) is 0. The number of hydrogen-bond donors (Lipinski definition) is 6. The summed E-state index contributed by atoms with van der Waals surface area (Å²) in [7, 11) is -5.10. The molecule has 0 spiro atoms. The Hall–Kier alpha value is -1.41. The second-order valence-corrected chi connectivity index (χ2v) is 16.6. The first-order valence-electron chi connectivity index (χ1n) is 21.5. The first kappa shape index (κ1) is 51.6. The first-order valence-corrected chi connectivity index (χ1v) is 23.0. The Morgan fingerprint density at radius 1 is 0.545 bits per heavy atom. The monoisotopic (exact) mass is 809 g/mol. The number of ether oxygens (including phenoxy) is 2. The van der Waals surface area contributed by atoms with Crippen molar-refractivity contribution >= 4 is 19.8 Å². The molecule has 13 nitrogen and oxygen atoms in total. The maximum Gasteiger partial charge on any atom is 0.472 e. The molecule has 0 aromatic heterocycles. The minimum Gasteiger partial charge on any atom is -0.462 e. The Bertz CT molecular complexity index is 1030. The van der Waals surface area contributed by atoms with E-state index in [9.17, 15) is 44.6 Å². The maximum atomic E-state index is 12.7. The number of phosphoric acid groups is 1. The number of aliphatic hydroxyl groups is 5. The molecule has 6 N–H and O–H groups in total. The van der Waals surface area contributed by atoms with Crippen molar-refractivity contribution in [1.82, 2.24) is 0 Å². The minimum absolute atomic E-state index is 0.0979. The van der Waals surface area contributed by atoms with E-state index in [-0.39, 0.29) is 12.8 Å². The van der Waals surface area contributed by atoms with Gasteiger partial charge in [0.25, 0.3) is 0 Å². The lowest BCUT2D eigenvalue weighted by Gasteiger charge is -2.41. The summed E-state index contributed by atoms with van der Waals surface area (Å²) in [5.74, 6) is -1.10. The molecule has 0 aliphatic heterocycles. The van der Waals surface area contributed by atoms with Crippen LogP contribution in [0.4, 0.5) is 0 Å². The summed E-state index contributed by atoms with van der Waals surface area (Å²) >= 11 is 0. The molecule has 0 aromatic rings. The van der Waals surface area contributed by atoms with Gasteiger partial charge in [-0.1, -0.05) is 142 Å². The highest BCUT2D eigenvalue weighted by molar-refractivity contribution is 7.47. The summed E-state index contributed by atoms with van der Waals surface area (Å²) in [4.78, 5) is 35.4. The van der Waals surface area contributed by atoms with Gasteiger partial charge in [0, 0.05) is 12.8 Å². The van der Waals surface area contributed by atoms with Crippen LogP contribution in [0.5, 0.6) is 0 Å². The number of phosphoric ester groups is 1. The van der Waals surface area contributed by atoms with Crippen molar-refractivity contribution in [3.63, 3.8) is 0 Å². The molecule has 14 heteroatoms. The summed E-state index contributed by atoms with van der Waals surface area (Å²) < 4.78 is 33.3. The van der Waals surface area contributed by atoms with E-state index in [0.29, 0.717) is 12.8 Å². The molecular weight excluding hydrogens is 731 g/mol. The first-order chi connectivity index (χ1) is 26.4. The topological polar surface area (TPSA) is 210 Å². The molecule has 1 saturated carbocycles. The number of carbonyl (C=O) groups is 2. The fourth-order valence-electron chi connectivity index (χ4n) is 6.58. The van der Waals surface area contributed by atoms with E-state index in [1.807, 2.05) is 0 Å². The SMILES string of the molecule is CCCCCCCC/C=C\CCCCCCCCCCCC(=O)OC(COC(=O)CCCCCCCCC)COP(=O)(O)OC1C(O)C(O)C(O)C(O)C1O. The smallest absolute Gasteiger partial charge is 0.462 e. The van der Waals surface area contributed by atoms with Crippen LogP contribution in [0.2, 0.25) is 0 Å². The average Bonchev–Trinajstić information content (AvgIpc) is 3.16. The Kier molecular flexibility index (Phi) is 30.5. The largest absolute Gasteiger partial charge is 0.472 e. The molecule has 0 heterocycles. The van der Waals surface area contributed by atoms with Crippen LogP contribution < -0.4 is 0 Å². The summed E-state index contributed by atoms with van der Waals surface area (Å²) in [5, 5.41) is 49.9. The summed E-state index contributed by atoms with van der Waals surface area (Å²) in [6.07, 6.45) is 18.8. The van der Waals surface area contributed by atoms with Crippen molar-refractivity contribution in [2.75, 3.05) is 13.2 Å². The molecule has 1 aliphatic rings. The van der Waals surface area contributed by atoms with Gasteiger partial charge in [-0.2, -0.15) is 0 Å². The molecule has 6 atom stereocenters. The third-order valence-electron chi connectivity index (χ3n) is 10.1. The molecule has 0 saturated heterocycles. The van der Waals surface area contributed by atoms with E-state index in [0.717, 1.165) is 64.2 Å². The van der Waals surface area contributed by atoms with E-state index >= 15 is 0 Å². The zero-order valence-electron chi connectivity index (χ0n) is 34.0. The highest BCUT2D eigenvalue weighted by Gasteiger charge is 2.51. The number of aliphatic hydroxyl groups excluding tert-OH is 5. The van der Waals surface area contributed by atoms with Crippen LogP contribution in [-0.4, -0.2) is 98.3 Å². The third kappa shape index (κ3) is 25.5. The average molecular weight is 809 g/mol. The second kappa shape index (κ2) is 32.5. The van der Waals surface area contributed by atoms with Gasteiger partial charge in [-0.3, -0.25) is 18.6 Å². The number of esters is 2. The lowest BCUT2D eigenvalue weighted by atomic mass is 9.85. The third-order valence-corrected chi connectivity index (χ3v) is 11.1. The molecule has 55 heavy (non-hydrogen) atoms. The number of carbonyl (C=O) groups excluding carboxylic acids is 2. The van der Waals surface area contributed by atoms with Crippen LogP contribution in [-0.2, 0) is 32.7 Å². The van der Waals surface area contributed by atoms with Crippen LogP contribution in [0.25, 0.3) is 0 Å². The summed E-state index contributed by atoms with van der Waals surface area (Å²) in [5.41, 5.74) is 0. The summed E-state index contributed by atoms with van der Waals surface area (Å²) in [6.45, 7) is 3.23. The predicted octanol–water partition coefficient (Wildman–Crippen LogP) is 7.50. The van der Waals surface area contributed by atoms with Crippen molar-refractivity contribution in [3.05, 3.63) is 12.2 Å². The van der Waals surface area contributed by atoms with E-state index in [4.69, 9.17) is 18.5 Å². The molecule has 0 bridgehead atoms. The number of allylic oxidation sites excluding steroid dienone is 2. The van der Waals surface area contributed by atoms with Gasteiger partial charge in [0.15, 0.2) is 6.10 Å². The lowest BCUT2D eigenvalue weighted by Crippen LogP contribution is -2.64. The molecule has 0 radical (unpaired) electrons. The zero-order chi connectivity index (χ0) is 40.7.